The maximum Gasteiger partial charge on any atom is 0.480 e. The van der Waals surface area contributed by atoms with Gasteiger partial charge in [0.05, 0.1) is 6.61 Å². The predicted octanol–water partition coefficient (Wildman–Crippen LogP) is 4.33. The van der Waals surface area contributed by atoms with Crippen molar-refractivity contribution in [2.45, 2.75) is 64.0 Å². The largest absolute Gasteiger partial charge is 0.494 e. The maximum absolute atomic E-state index is 10.4. The third-order valence-electron chi connectivity index (χ3n) is 6.96. The van der Waals surface area contributed by atoms with Crippen LogP contribution in [0.4, 0.5) is 0 Å². The summed E-state index contributed by atoms with van der Waals surface area (Å²) in [6, 6.07) is 0. The van der Waals surface area contributed by atoms with Gasteiger partial charge in [-0.25, -0.2) is 0 Å². The summed E-state index contributed by atoms with van der Waals surface area (Å²) in [5.41, 5.74) is 0.421. The van der Waals surface area contributed by atoms with Crippen molar-refractivity contribution in [3.05, 3.63) is 36.1 Å². The molecule has 0 saturated heterocycles. The molecule has 0 amide bonds. The molecule has 29 heavy (non-hydrogen) atoms. The lowest BCUT2D eigenvalue weighted by atomic mass is 9.65. The van der Waals surface area contributed by atoms with Gasteiger partial charge in [-0.15, -0.1) is 0 Å². The number of carboxylic acids is 1. The molecule has 3 aliphatic carbocycles. The van der Waals surface area contributed by atoms with Gasteiger partial charge in [0.1, 0.15) is 18.4 Å². The number of rotatable bonds is 8. The van der Waals surface area contributed by atoms with Crippen molar-refractivity contribution < 1.29 is 19.7 Å². The first kappa shape index (κ1) is 22.1. The number of nitrogens with zero attached hydrogens (tertiary/aromatic N) is 1. The molecule has 1 saturated carbocycles. The molecule has 1 spiro atoms. The fourth-order valence-corrected chi connectivity index (χ4v) is 5.36. The highest BCUT2D eigenvalue weighted by Crippen LogP contribution is 2.46. The molecule has 0 aromatic heterocycles. The summed E-state index contributed by atoms with van der Waals surface area (Å²) in [6.45, 7) is 0.769. The quantitative estimate of drug-likeness (QED) is 0.359. The second-order valence-corrected chi connectivity index (χ2v) is 9.46. The number of carboxylic acid groups (broad SMARTS) is 1. The summed E-state index contributed by atoms with van der Waals surface area (Å²) < 4.78 is 6.15. The average molecular weight is 405 g/mol. The van der Waals surface area contributed by atoms with Crippen LogP contribution in [0.3, 0.4) is 0 Å². The summed E-state index contributed by atoms with van der Waals surface area (Å²) >= 11 is 0. The van der Waals surface area contributed by atoms with Gasteiger partial charge in [-0.2, -0.15) is 0 Å². The molecule has 3 N–H and O–H groups in total. The van der Waals surface area contributed by atoms with E-state index < -0.39 is 12.2 Å². The van der Waals surface area contributed by atoms with Crippen LogP contribution in [0.15, 0.2) is 36.1 Å². The number of hydrogen-bond acceptors (Lipinski definition) is 3. The van der Waals surface area contributed by atoms with Crippen molar-refractivity contribution in [2.75, 3.05) is 20.7 Å². The third-order valence-corrected chi connectivity index (χ3v) is 6.96. The predicted molar refractivity (Wildman–Crippen MR) is 116 cm³/mol. The minimum absolute atomic E-state index is 0.0411. The van der Waals surface area contributed by atoms with E-state index in [-0.39, 0.29) is 18.3 Å². The molecule has 5 atom stereocenters. The molecule has 3 aliphatic rings. The summed E-state index contributed by atoms with van der Waals surface area (Å²) in [4.78, 5) is 11.0. The fraction of sp³-hybridized carbons (Fsp3) is 0.708. The summed E-state index contributed by atoms with van der Waals surface area (Å²) in [6.07, 6.45) is 20.0. The van der Waals surface area contributed by atoms with E-state index >= 15 is 0 Å². The maximum atomic E-state index is 10.4. The SMILES string of the molecule is CN(C)C(O)C(CC(O)=[OH+])C1C=CC(OCC2CCCC3(C=CCCC3)C2)=CC1. The Morgan fingerprint density at radius 1 is 1.34 bits per heavy atom. The zero-order valence-corrected chi connectivity index (χ0v) is 18.0. The van der Waals surface area contributed by atoms with E-state index in [9.17, 15) is 15.0 Å². The Bertz CT molecular complexity index is 653. The first-order valence-electron chi connectivity index (χ1n) is 11.2. The van der Waals surface area contributed by atoms with Crippen LogP contribution in [0, 0.1) is 23.2 Å². The minimum atomic E-state index is -0.739. The Morgan fingerprint density at radius 2 is 2.14 bits per heavy atom. The normalized spacial score (nSPS) is 31.5. The summed E-state index contributed by atoms with van der Waals surface area (Å²) in [7, 11) is 3.59. The van der Waals surface area contributed by atoms with E-state index in [1.807, 2.05) is 12.2 Å². The molecule has 0 bridgehead atoms. The molecule has 5 heteroatoms. The highest BCUT2D eigenvalue weighted by atomic mass is 16.5. The number of aliphatic carboxylic acids is 1. The lowest BCUT2D eigenvalue weighted by molar-refractivity contribution is -0.0240. The topological polar surface area (TPSA) is 74.3 Å². The van der Waals surface area contributed by atoms with E-state index in [1.165, 1.54) is 44.9 Å². The lowest BCUT2D eigenvalue weighted by Gasteiger charge is -2.40. The minimum Gasteiger partial charge on any atom is -0.494 e. The van der Waals surface area contributed by atoms with Gasteiger partial charge in [0.2, 0.25) is 0 Å². The number of aliphatic hydroxyl groups excluding tert-OH is 2. The third kappa shape index (κ3) is 5.95. The molecule has 162 valence electrons. The van der Waals surface area contributed by atoms with Crippen molar-refractivity contribution >= 4 is 5.97 Å². The van der Waals surface area contributed by atoms with Gasteiger partial charge in [0, 0.05) is 5.92 Å². The molecule has 0 aromatic carbocycles. The van der Waals surface area contributed by atoms with E-state index in [4.69, 9.17) is 4.74 Å². The van der Waals surface area contributed by atoms with Crippen molar-refractivity contribution in [3.63, 3.8) is 0 Å². The van der Waals surface area contributed by atoms with Crippen LogP contribution in [0.1, 0.15) is 57.8 Å². The van der Waals surface area contributed by atoms with Crippen LogP contribution in [-0.4, -0.2) is 52.8 Å². The van der Waals surface area contributed by atoms with Gasteiger partial charge in [0.15, 0.2) is 0 Å². The molecule has 0 aromatic rings. The van der Waals surface area contributed by atoms with Gasteiger partial charge >= 0.3 is 5.97 Å². The zero-order valence-electron chi connectivity index (χ0n) is 18.0. The van der Waals surface area contributed by atoms with Crippen LogP contribution < -0.4 is 0 Å². The fourth-order valence-electron chi connectivity index (χ4n) is 5.36. The summed E-state index contributed by atoms with van der Waals surface area (Å²) in [5, 5.41) is 19.8. The molecule has 3 rings (SSSR count). The highest BCUT2D eigenvalue weighted by molar-refractivity contribution is 5.68. The standard InChI is InChI=1S/C24H37NO4/c1-25(2)23(28)21(15-22(26)27)19-8-10-20(11-9-19)29-17-18-7-6-14-24(16-18)12-4-3-5-13-24/h4,8,10-12,18-19,21,23,28H,3,5-7,9,13-17H2,1-2H3,(H,26,27)/p+1. The van der Waals surface area contributed by atoms with Crippen LogP contribution in [0.25, 0.3) is 0 Å². The molecule has 5 unspecified atom stereocenters. The van der Waals surface area contributed by atoms with Crippen molar-refractivity contribution in [3.8, 4) is 0 Å². The highest BCUT2D eigenvalue weighted by Gasteiger charge is 2.36. The van der Waals surface area contributed by atoms with Gasteiger partial charge in [-0.3, -0.25) is 4.90 Å². The number of hydrogen-bond donors (Lipinski definition) is 2. The monoisotopic (exact) mass is 404 g/mol. The van der Waals surface area contributed by atoms with Crippen molar-refractivity contribution in [1.29, 1.82) is 0 Å². The average Bonchev–Trinajstić information content (AvgIpc) is 2.71. The second kappa shape index (κ2) is 9.94. The Labute approximate surface area is 175 Å². The Balaban J connectivity index is 1.52. The van der Waals surface area contributed by atoms with Crippen molar-refractivity contribution in [2.24, 2.45) is 23.2 Å². The Kier molecular flexibility index (Phi) is 7.58. The molecular weight excluding hydrogens is 366 g/mol. The van der Waals surface area contributed by atoms with E-state index in [1.54, 1.807) is 19.0 Å². The van der Waals surface area contributed by atoms with Gasteiger partial charge in [-0.1, -0.05) is 24.6 Å². The van der Waals surface area contributed by atoms with Gasteiger partial charge < -0.3 is 19.7 Å². The Morgan fingerprint density at radius 3 is 2.76 bits per heavy atom. The zero-order chi connectivity index (χ0) is 20.9. The molecule has 0 radical (unpaired) electrons. The van der Waals surface area contributed by atoms with Crippen LogP contribution in [0.2, 0.25) is 0 Å². The van der Waals surface area contributed by atoms with E-state index in [0.29, 0.717) is 11.3 Å². The number of ether oxygens (including phenoxy) is 1. The molecule has 5 nitrogen and oxygen atoms in total. The van der Waals surface area contributed by atoms with Crippen molar-refractivity contribution in [1.82, 2.24) is 4.90 Å². The smallest absolute Gasteiger partial charge is 0.480 e. The van der Waals surface area contributed by atoms with Crippen LogP contribution >= 0.6 is 0 Å². The van der Waals surface area contributed by atoms with Crippen LogP contribution in [0.5, 0.6) is 0 Å². The van der Waals surface area contributed by atoms with E-state index in [2.05, 4.69) is 18.2 Å². The molecule has 0 heterocycles. The second-order valence-electron chi connectivity index (χ2n) is 9.46. The van der Waals surface area contributed by atoms with E-state index in [0.717, 1.165) is 18.8 Å². The first-order valence-corrected chi connectivity index (χ1v) is 11.2. The lowest BCUT2D eigenvalue weighted by Crippen LogP contribution is -2.40. The molecule has 0 aliphatic heterocycles. The van der Waals surface area contributed by atoms with Crippen LogP contribution in [-0.2, 0) is 4.74 Å². The van der Waals surface area contributed by atoms with Gasteiger partial charge in [-0.05, 0) is 88.4 Å². The summed E-state index contributed by atoms with van der Waals surface area (Å²) in [5.74, 6) is 0.649. The first-order chi connectivity index (χ1) is 13.9. The molecular formula is C24H38NO4+. The number of allylic oxidation sites excluding steroid dienone is 5. The Hall–Kier alpha value is -1.59. The molecule has 1 fully saturated rings. The number of aliphatic hydroxyl groups is 1. The van der Waals surface area contributed by atoms with Gasteiger partial charge in [0.25, 0.3) is 0 Å².